The van der Waals surface area contributed by atoms with E-state index in [2.05, 4.69) is 30.4 Å². The Hall–Kier alpha value is -2.49. The fraction of sp³-hybridized carbons (Fsp3) is 0.480. The van der Waals surface area contributed by atoms with E-state index in [-0.39, 0.29) is 11.3 Å². The van der Waals surface area contributed by atoms with Crippen LogP contribution in [-0.4, -0.2) is 23.2 Å². The Morgan fingerprint density at radius 2 is 1.86 bits per heavy atom. The van der Waals surface area contributed by atoms with Gasteiger partial charge in [-0.1, -0.05) is 38.0 Å². The van der Waals surface area contributed by atoms with E-state index in [1.54, 1.807) is 19.2 Å². The van der Waals surface area contributed by atoms with Gasteiger partial charge >= 0.3 is 0 Å². The molecule has 4 heteroatoms. The summed E-state index contributed by atoms with van der Waals surface area (Å²) in [4.78, 5) is 11.7. The lowest BCUT2D eigenvalue weighted by molar-refractivity contribution is -0.120. The van der Waals surface area contributed by atoms with Gasteiger partial charge in [-0.15, -0.1) is 0 Å². The summed E-state index contributed by atoms with van der Waals surface area (Å²) in [6.45, 7) is 2.36. The Kier molecular flexibility index (Phi) is 5.28. The second-order valence-corrected chi connectivity index (χ2v) is 8.99. The number of carbonyl (C=O) groups is 1. The largest absolute Gasteiger partial charge is 0.508 e. The number of phenolic OH excluding ortho intramolecular Hbond substituents is 2. The summed E-state index contributed by atoms with van der Waals surface area (Å²) in [6, 6.07) is 11.8. The summed E-state index contributed by atoms with van der Waals surface area (Å²) < 4.78 is 0. The molecule has 1 amide bonds. The van der Waals surface area contributed by atoms with Crippen LogP contribution >= 0.6 is 0 Å². The number of phenols is 2. The fourth-order valence-corrected chi connectivity index (χ4v) is 5.72. The molecule has 2 aromatic carbocycles. The highest BCUT2D eigenvalue weighted by molar-refractivity contribution is 5.75. The molecular weight excluding hydrogens is 362 g/mol. The van der Waals surface area contributed by atoms with Crippen molar-refractivity contribution in [3.05, 3.63) is 58.7 Å². The average Bonchev–Trinajstić information content (AvgIpc) is 2.73. The van der Waals surface area contributed by atoms with Crippen LogP contribution in [0.3, 0.4) is 0 Å². The van der Waals surface area contributed by atoms with E-state index in [0.717, 1.165) is 18.4 Å². The minimum atomic E-state index is -0.0107. The van der Waals surface area contributed by atoms with E-state index in [4.69, 9.17) is 0 Å². The summed E-state index contributed by atoms with van der Waals surface area (Å²) in [5, 5.41) is 23.1. The van der Waals surface area contributed by atoms with Crippen LogP contribution in [0, 0.1) is 5.92 Å². The van der Waals surface area contributed by atoms with Gasteiger partial charge in [-0.05, 0) is 83.4 Å². The van der Waals surface area contributed by atoms with Crippen LogP contribution in [0.1, 0.15) is 67.2 Å². The Bertz CT molecular complexity index is 905. The summed E-state index contributed by atoms with van der Waals surface area (Å²) in [7, 11) is 1.64. The molecule has 0 heterocycles. The maximum atomic E-state index is 11.7. The standard InChI is InChI=1S/C25H31NO3/c1-25(18-8-10-19(27)11-9-18)15-17-13-16(7-12-24(29)26-2)23(28)14-21(17)20-5-3-4-6-22(20)25/h8-11,13-14,20,22,27-28H,3-7,12,15H2,1-2H3,(H,26,29)/t20-,22-,25+/m0/s1. The molecule has 0 spiro atoms. The topological polar surface area (TPSA) is 69.6 Å². The van der Waals surface area contributed by atoms with Gasteiger partial charge in [0.1, 0.15) is 11.5 Å². The summed E-state index contributed by atoms with van der Waals surface area (Å²) in [5.74, 6) is 1.60. The normalized spacial score (nSPS) is 25.7. The van der Waals surface area contributed by atoms with Crippen molar-refractivity contribution in [2.45, 2.75) is 63.2 Å². The highest BCUT2D eigenvalue weighted by Crippen LogP contribution is 2.55. The first-order valence-electron chi connectivity index (χ1n) is 10.8. The van der Waals surface area contributed by atoms with Crippen molar-refractivity contribution in [2.75, 3.05) is 7.05 Å². The molecule has 2 aromatic rings. The summed E-state index contributed by atoms with van der Waals surface area (Å²) >= 11 is 0. The molecule has 4 rings (SSSR count). The number of rotatable bonds is 4. The Morgan fingerprint density at radius 1 is 1.14 bits per heavy atom. The first-order chi connectivity index (χ1) is 13.9. The Morgan fingerprint density at radius 3 is 2.59 bits per heavy atom. The molecule has 29 heavy (non-hydrogen) atoms. The molecule has 154 valence electrons. The first kappa shape index (κ1) is 19.8. The number of aryl methyl sites for hydroxylation is 1. The average molecular weight is 394 g/mol. The molecular formula is C25H31NO3. The number of aromatic hydroxyl groups is 2. The highest BCUT2D eigenvalue weighted by Gasteiger charge is 2.46. The third-order valence-electron chi connectivity index (χ3n) is 7.31. The first-order valence-corrected chi connectivity index (χ1v) is 10.8. The van der Waals surface area contributed by atoms with Crippen LogP contribution < -0.4 is 5.32 Å². The zero-order chi connectivity index (χ0) is 20.6. The summed E-state index contributed by atoms with van der Waals surface area (Å²) in [6.07, 6.45) is 6.67. The van der Waals surface area contributed by atoms with Gasteiger partial charge in [-0.3, -0.25) is 4.79 Å². The van der Waals surface area contributed by atoms with Crippen molar-refractivity contribution in [2.24, 2.45) is 5.92 Å². The van der Waals surface area contributed by atoms with Gasteiger partial charge in [-0.2, -0.15) is 0 Å². The molecule has 3 N–H and O–H groups in total. The van der Waals surface area contributed by atoms with Crippen LogP contribution in [0.25, 0.3) is 0 Å². The van der Waals surface area contributed by atoms with Gasteiger partial charge in [0.25, 0.3) is 0 Å². The van der Waals surface area contributed by atoms with Crippen LogP contribution in [-0.2, 0) is 23.1 Å². The van der Waals surface area contributed by atoms with Crippen molar-refractivity contribution in [3.63, 3.8) is 0 Å². The van der Waals surface area contributed by atoms with Crippen LogP contribution in [0.2, 0.25) is 0 Å². The second kappa shape index (κ2) is 7.74. The van der Waals surface area contributed by atoms with E-state index in [0.29, 0.717) is 36.2 Å². The van der Waals surface area contributed by atoms with Gasteiger partial charge in [0.05, 0.1) is 0 Å². The molecule has 1 fully saturated rings. The maximum Gasteiger partial charge on any atom is 0.220 e. The van der Waals surface area contributed by atoms with E-state index < -0.39 is 0 Å². The van der Waals surface area contributed by atoms with Crippen molar-refractivity contribution in [1.82, 2.24) is 5.32 Å². The third-order valence-corrected chi connectivity index (χ3v) is 7.31. The summed E-state index contributed by atoms with van der Waals surface area (Å²) in [5.41, 5.74) is 4.73. The minimum absolute atomic E-state index is 0.000816. The van der Waals surface area contributed by atoms with Gasteiger partial charge in [0, 0.05) is 13.5 Å². The zero-order valence-electron chi connectivity index (χ0n) is 17.4. The quantitative estimate of drug-likeness (QED) is 0.713. The lowest BCUT2D eigenvalue weighted by Crippen LogP contribution is -2.43. The van der Waals surface area contributed by atoms with Gasteiger partial charge in [-0.25, -0.2) is 0 Å². The second-order valence-electron chi connectivity index (χ2n) is 8.99. The van der Waals surface area contributed by atoms with Gasteiger partial charge < -0.3 is 15.5 Å². The molecule has 2 aliphatic rings. The molecule has 1 saturated carbocycles. The van der Waals surface area contributed by atoms with Crippen molar-refractivity contribution in [3.8, 4) is 11.5 Å². The molecule has 0 bridgehead atoms. The predicted octanol–water partition coefficient (Wildman–Crippen LogP) is 4.56. The van der Waals surface area contributed by atoms with Crippen molar-refractivity contribution >= 4 is 5.91 Å². The van der Waals surface area contributed by atoms with Gasteiger partial charge in [0.15, 0.2) is 0 Å². The number of nitrogens with one attached hydrogen (secondary N) is 1. The number of amides is 1. The number of hydrogen-bond donors (Lipinski definition) is 3. The van der Waals surface area contributed by atoms with Crippen LogP contribution in [0.15, 0.2) is 36.4 Å². The molecule has 2 aliphatic carbocycles. The predicted molar refractivity (Wildman–Crippen MR) is 114 cm³/mol. The SMILES string of the molecule is CNC(=O)CCc1cc2c(cc1O)[C@@H]1CCCC[C@@H]1[C@@](C)(c1ccc(O)cc1)C2. The molecule has 0 aromatic heterocycles. The number of carbonyl (C=O) groups excluding carboxylic acids is 1. The van der Waals surface area contributed by atoms with E-state index in [1.165, 1.54) is 36.0 Å². The molecule has 0 aliphatic heterocycles. The molecule has 0 unspecified atom stereocenters. The van der Waals surface area contributed by atoms with E-state index in [1.807, 2.05) is 6.07 Å². The van der Waals surface area contributed by atoms with E-state index >= 15 is 0 Å². The number of benzene rings is 2. The molecule has 3 atom stereocenters. The fourth-order valence-electron chi connectivity index (χ4n) is 5.72. The smallest absolute Gasteiger partial charge is 0.220 e. The maximum absolute atomic E-state index is 11.7. The number of fused-ring (bicyclic) bond motifs is 3. The van der Waals surface area contributed by atoms with Gasteiger partial charge in [0.2, 0.25) is 5.91 Å². The Labute approximate surface area is 173 Å². The third kappa shape index (κ3) is 3.61. The molecule has 4 nitrogen and oxygen atoms in total. The Balaban J connectivity index is 1.74. The van der Waals surface area contributed by atoms with Crippen molar-refractivity contribution in [1.29, 1.82) is 0 Å². The van der Waals surface area contributed by atoms with Crippen LogP contribution in [0.5, 0.6) is 11.5 Å². The molecule has 0 saturated heterocycles. The lowest BCUT2D eigenvalue weighted by atomic mass is 9.54. The highest BCUT2D eigenvalue weighted by atomic mass is 16.3. The monoisotopic (exact) mass is 393 g/mol. The zero-order valence-corrected chi connectivity index (χ0v) is 17.4. The minimum Gasteiger partial charge on any atom is -0.508 e. The van der Waals surface area contributed by atoms with E-state index in [9.17, 15) is 15.0 Å². The lowest BCUT2D eigenvalue weighted by Gasteiger charge is -2.50. The number of hydrogen-bond acceptors (Lipinski definition) is 3. The van der Waals surface area contributed by atoms with Crippen molar-refractivity contribution < 1.29 is 15.0 Å². The molecule has 0 radical (unpaired) electrons. The van der Waals surface area contributed by atoms with Crippen LogP contribution in [0.4, 0.5) is 0 Å².